The van der Waals surface area contributed by atoms with Crippen LogP contribution in [-0.4, -0.2) is 6.54 Å². The van der Waals surface area contributed by atoms with Crippen LogP contribution in [0.3, 0.4) is 0 Å². The van der Waals surface area contributed by atoms with Crippen molar-refractivity contribution in [3.05, 3.63) is 106 Å². The van der Waals surface area contributed by atoms with Crippen molar-refractivity contribution >= 4 is 34.5 Å². The molecule has 0 atom stereocenters. The monoisotopic (exact) mass is 437 g/mol. The van der Waals surface area contributed by atoms with E-state index >= 15 is 0 Å². The summed E-state index contributed by atoms with van der Waals surface area (Å²) < 4.78 is 5.37. The van der Waals surface area contributed by atoms with Crippen LogP contribution in [-0.2, 0) is 0 Å². The molecule has 0 radical (unpaired) electrons. The van der Waals surface area contributed by atoms with Gasteiger partial charge in [0.1, 0.15) is 5.58 Å². The van der Waals surface area contributed by atoms with Gasteiger partial charge in [-0.05, 0) is 60.4 Å². The van der Waals surface area contributed by atoms with Gasteiger partial charge in [-0.1, -0.05) is 80.8 Å². The average Bonchev–Trinajstić information content (AvgIpc) is 2.83. The van der Waals surface area contributed by atoms with Crippen LogP contribution in [0.4, 0.5) is 11.4 Å². The predicted octanol–water partition coefficient (Wildman–Crippen LogP) is 7.99. The largest absolute Gasteiger partial charge is 0.423 e. The molecule has 1 heterocycles. The van der Waals surface area contributed by atoms with E-state index in [1.54, 1.807) is 6.07 Å². The average molecular weight is 438 g/mol. The van der Waals surface area contributed by atoms with E-state index < -0.39 is 0 Å². The second-order valence-corrected chi connectivity index (χ2v) is 8.49. The lowest BCUT2D eigenvalue weighted by molar-refractivity contribution is 0.560. The van der Waals surface area contributed by atoms with Gasteiger partial charge < -0.3 is 9.32 Å². The number of aryl methyl sites for hydroxylation is 1. The van der Waals surface area contributed by atoms with Crippen LogP contribution < -0.4 is 10.5 Å². The molecule has 0 saturated carbocycles. The van der Waals surface area contributed by atoms with E-state index in [9.17, 15) is 4.79 Å². The Bertz CT molecular complexity index is 1270. The van der Waals surface area contributed by atoms with E-state index in [-0.39, 0.29) is 5.63 Å². The van der Waals surface area contributed by atoms with E-state index in [1.165, 1.54) is 37.1 Å². The van der Waals surface area contributed by atoms with Crippen molar-refractivity contribution in [2.24, 2.45) is 0 Å². The molecule has 3 aromatic carbocycles. The Kier molecular flexibility index (Phi) is 7.41. The van der Waals surface area contributed by atoms with Crippen LogP contribution in [0.2, 0.25) is 0 Å². The highest BCUT2D eigenvalue weighted by molar-refractivity contribution is 5.89. The highest BCUT2D eigenvalue weighted by atomic mass is 16.4. The Morgan fingerprint density at radius 2 is 1.58 bits per heavy atom. The number of para-hydroxylation sites is 1. The first-order valence-electron chi connectivity index (χ1n) is 11.8. The van der Waals surface area contributed by atoms with Crippen molar-refractivity contribution in [2.45, 2.75) is 39.5 Å². The van der Waals surface area contributed by atoms with Gasteiger partial charge in [0.05, 0.1) is 0 Å². The lowest BCUT2D eigenvalue weighted by atomic mass is 10.1. The summed E-state index contributed by atoms with van der Waals surface area (Å²) in [5.74, 6) is 0. The summed E-state index contributed by atoms with van der Waals surface area (Å²) in [6.07, 6.45) is 8.98. The summed E-state index contributed by atoms with van der Waals surface area (Å²) in [5.41, 5.74) is 5.73. The fraction of sp³-hybridized carbons (Fsp3) is 0.233. The van der Waals surface area contributed by atoms with Gasteiger partial charge in [0.2, 0.25) is 0 Å². The zero-order chi connectivity index (χ0) is 23.0. The molecule has 0 saturated heterocycles. The van der Waals surface area contributed by atoms with E-state index in [2.05, 4.69) is 66.4 Å². The minimum Gasteiger partial charge on any atom is -0.423 e. The third-order valence-electron chi connectivity index (χ3n) is 5.90. The molecule has 0 bridgehead atoms. The van der Waals surface area contributed by atoms with Crippen molar-refractivity contribution < 1.29 is 4.42 Å². The van der Waals surface area contributed by atoms with Gasteiger partial charge >= 0.3 is 5.63 Å². The van der Waals surface area contributed by atoms with Crippen molar-refractivity contribution in [3.63, 3.8) is 0 Å². The van der Waals surface area contributed by atoms with Gasteiger partial charge in [-0.25, -0.2) is 4.79 Å². The molecule has 3 nitrogen and oxygen atoms in total. The number of fused-ring (bicyclic) bond motifs is 1. The number of unbranched alkanes of at least 4 members (excludes halogenated alkanes) is 3. The predicted molar refractivity (Wildman–Crippen MR) is 140 cm³/mol. The molecule has 4 rings (SSSR count). The van der Waals surface area contributed by atoms with Crippen LogP contribution in [0.5, 0.6) is 0 Å². The van der Waals surface area contributed by atoms with Crippen LogP contribution in [0.25, 0.3) is 23.1 Å². The minimum absolute atomic E-state index is 0.329. The molecule has 0 aliphatic heterocycles. The van der Waals surface area contributed by atoms with E-state index in [0.29, 0.717) is 5.58 Å². The summed E-state index contributed by atoms with van der Waals surface area (Å²) in [7, 11) is 0. The highest BCUT2D eigenvalue weighted by Crippen LogP contribution is 2.27. The fourth-order valence-corrected chi connectivity index (χ4v) is 4.10. The lowest BCUT2D eigenvalue weighted by Gasteiger charge is -2.25. The van der Waals surface area contributed by atoms with Crippen LogP contribution in [0, 0.1) is 6.92 Å². The smallest absolute Gasteiger partial charge is 0.336 e. The third-order valence-corrected chi connectivity index (χ3v) is 5.90. The van der Waals surface area contributed by atoms with E-state index in [4.69, 9.17) is 4.42 Å². The standard InChI is InChI=1S/C30H31NO2/c1-3-4-5-9-20-31(26-10-7-6-8-11-26)27-17-14-24(15-18-27)13-16-25-22-30(32)33-29-21-23(2)12-19-28(25)29/h6-8,10-19,21-22H,3-5,9,20H2,1-2H3/b16-13+. The number of anilines is 2. The maximum Gasteiger partial charge on any atom is 0.336 e. The third kappa shape index (κ3) is 5.81. The van der Waals surface area contributed by atoms with Gasteiger partial charge in [-0.2, -0.15) is 0 Å². The molecular weight excluding hydrogens is 406 g/mol. The zero-order valence-electron chi connectivity index (χ0n) is 19.5. The molecule has 0 unspecified atom stereocenters. The highest BCUT2D eigenvalue weighted by Gasteiger charge is 2.09. The Hall–Kier alpha value is -3.59. The first-order valence-corrected chi connectivity index (χ1v) is 11.8. The van der Waals surface area contributed by atoms with Crippen LogP contribution >= 0.6 is 0 Å². The van der Waals surface area contributed by atoms with Crippen molar-refractivity contribution in [1.82, 2.24) is 0 Å². The molecule has 0 fully saturated rings. The van der Waals surface area contributed by atoms with Crippen molar-refractivity contribution in [3.8, 4) is 0 Å². The molecule has 33 heavy (non-hydrogen) atoms. The van der Waals surface area contributed by atoms with E-state index in [1.807, 2.05) is 37.3 Å². The first-order chi connectivity index (χ1) is 16.1. The molecule has 0 aliphatic carbocycles. The normalized spacial score (nSPS) is 11.3. The molecule has 0 N–H and O–H groups in total. The molecular formula is C30H31NO2. The van der Waals surface area contributed by atoms with Gasteiger partial charge in [-0.3, -0.25) is 0 Å². The van der Waals surface area contributed by atoms with Gasteiger partial charge in [0.15, 0.2) is 0 Å². The second-order valence-electron chi connectivity index (χ2n) is 8.49. The number of hydrogen-bond acceptors (Lipinski definition) is 3. The summed E-state index contributed by atoms with van der Waals surface area (Å²) in [6.45, 7) is 5.24. The van der Waals surface area contributed by atoms with Crippen molar-refractivity contribution in [2.75, 3.05) is 11.4 Å². The molecule has 0 aliphatic rings. The Labute approximate surface area is 196 Å². The minimum atomic E-state index is -0.329. The summed E-state index contributed by atoms with van der Waals surface area (Å²) in [5, 5.41) is 0.940. The Morgan fingerprint density at radius 3 is 2.33 bits per heavy atom. The molecule has 0 spiro atoms. The van der Waals surface area contributed by atoms with Crippen molar-refractivity contribution in [1.29, 1.82) is 0 Å². The van der Waals surface area contributed by atoms with Gasteiger partial charge in [0, 0.05) is 29.4 Å². The second kappa shape index (κ2) is 10.8. The number of nitrogens with zero attached hydrogens (tertiary/aromatic N) is 1. The Morgan fingerprint density at radius 1 is 0.818 bits per heavy atom. The SMILES string of the molecule is CCCCCCN(c1ccccc1)c1ccc(/C=C/c2cc(=O)oc3cc(C)ccc23)cc1. The number of rotatable bonds is 9. The number of benzene rings is 3. The topological polar surface area (TPSA) is 33.5 Å². The van der Waals surface area contributed by atoms with Crippen LogP contribution in [0.1, 0.15) is 49.3 Å². The number of hydrogen-bond donors (Lipinski definition) is 0. The molecule has 0 amide bonds. The fourth-order valence-electron chi connectivity index (χ4n) is 4.10. The maximum absolute atomic E-state index is 12.0. The zero-order valence-corrected chi connectivity index (χ0v) is 19.5. The van der Waals surface area contributed by atoms with E-state index in [0.717, 1.165) is 28.6 Å². The molecule has 168 valence electrons. The Balaban J connectivity index is 1.56. The molecule has 4 aromatic rings. The summed E-state index contributed by atoms with van der Waals surface area (Å²) in [6, 6.07) is 26.7. The molecule has 3 heteroatoms. The summed E-state index contributed by atoms with van der Waals surface area (Å²) >= 11 is 0. The van der Waals surface area contributed by atoms with Gasteiger partial charge in [-0.15, -0.1) is 0 Å². The van der Waals surface area contributed by atoms with Gasteiger partial charge in [0.25, 0.3) is 0 Å². The quantitative estimate of drug-likeness (QED) is 0.196. The lowest BCUT2D eigenvalue weighted by Crippen LogP contribution is -2.18. The van der Waals surface area contributed by atoms with Crippen LogP contribution in [0.15, 0.2) is 88.1 Å². The first kappa shape index (κ1) is 22.6. The maximum atomic E-state index is 12.0. The molecule has 1 aromatic heterocycles. The summed E-state index contributed by atoms with van der Waals surface area (Å²) in [4.78, 5) is 14.4.